The molecule has 4 aliphatic carbocycles. The Hall–Kier alpha value is -0.830. The van der Waals surface area contributed by atoms with Gasteiger partial charge in [-0.3, -0.25) is 4.79 Å². The van der Waals surface area contributed by atoms with Gasteiger partial charge in [-0.25, -0.2) is 0 Å². The van der Waals surface area contributed by atoms with E-state index in [4.69, 9.17) is 5.73 Å². The van der Waals surface area contributed by atoms with Gasteiger partial charge in [0.25, 0.3) is 0 Å². The molecule has 3 nitrogen and oxygen atoms in total. The molecule has 0 saturated heterocycles. The van der Waals surface area contributed by atoms with Gasteiger partial charge in [-0.15, -0.1) is 0 Å². The van der Waals surface area contributed by atoms with Gasteiger partial charge in [0, 0.05) is 19.0 Å². The predicted molar refractivity (Wildman–Crippen MR) is 139 cm³/mol. The summed E-state index contributed by atoms with van der Waals surface area (Å²) in [7, 11) is 0. The number of hydrogen-bond acceptors (Lipinski definition) is 2. The van der Waals surface area contributed by atoms with Crippen LogP contribution in [0.4, 0.5) is 0 Å². The van der Waals surface area contributed by atoms with Crippen molar-refractivity contribution in [1.29, 1.82) is 0 Å². The van der Waals surface area contributed by atoms with Crippen molar-refractivity contribution in [2.75, 3.05) is 6.54 Å². The van der Waals surface area contributed by atoms with Crippen molar-refractivity contribution < 1.29 is 4.79 Å². The van der Waals surface area contributed by atoms with Gasteiger partial charge in [-0.05, 0) is 97.7 Å². The second kappa shape index (κ2) is 10.0. The van der Waals surface area contributed by atoms with Gasteiger partial charge in [0.15, 0.2) is 0 Å². The molecule has 8 atom stereocenters. The van der Waals surface area contributed by atoms with E-state index < -0.39 is 0 Å². The maximum absolute atomic E-state index is 12.1. The van der Waals surface area contributed by atoms with E-state index in [9.17, 15) is 4.79 Å². The monoisotopic (exact) mass is 456 g/mol. The van der Waals surface area contributed by atoms with E-state index in [2.05, 4.69) is 46.0 Å². The third-order valence-electron chi connectivity index (χ3n) is 11.0. The van der Waals surface area contributed by atoms with Gasteiger partial charge in [0.2, 0.25) is 5.91 Å². The molecule has 0 heterocycles. The van der Waals surface area contributed by atoms with E-state index in [-0.39, 0.29) is 5.91 Å². The highest BCUT2D eigenvalue weighted by molar-refractivity contribution is 5.76. The molecule has 3 N–H and O–H groups in total. The number of rotatable bonds is 8. The maximum Gasteiger partial charge on any atom is 0.221 e. The molecular formula is C30H52N2O. The van der Waals surface area contributed by atoms with Crippen LogP contribution < -0.4 is 11.1 Å². The summed E-state index contributed by atoms with van der Waals surface area (Å²) in [6.07, 6.45) is 17.8. The second-order valence-electron chi connectivity index (χ2n) is 13.3. The number of nitrogens with one attached hydrogen (secondary N) is 1. The lowest BCUT2D eigenvalue weighted by atomic mass is 9.47. The van der Waals surface area contributed by atoms with Crippen molar-refractivity contribution in [1.82, 2.24) is 5.32 Å². The zero-order valence-corrected chi connectivity index (χ0v) is 22.3. The molecule has 188 valence electrons. The highest BCUT2D eigenvalue weighted by Gasteiger charge is 2.59. The van der Waals surface area contributed by atoms with Gasteiger partial charge in [0.05, 0.1) is 0 Å². The molecule has 0 aromatic rings. The second-order valence-corrected chi connectivity index (χ2v) is 13.3. The Labute approximate surface area is 204 Å². The molecule has 1 amide bonds. The van der Waals surface area contributed by atoms with Crippen molar-refractivity contribution in [2.45, 2.75) is 118 Å². The van der Waals surface area contributed by atoms with Crippen LogP contribution in [0, 0.1) is 46.3 Å². The van der Waals surface area contributed by atoms with Crippen molar-refractivity contribution in [3.63, 3.8) is 0 Å². The molecule has 0 unspecified atom stereocenters. The zero-order chi connectivity index (χ0) is 23.8. The fourth-order valence-corrected chi connectivity index (χ4v) is 9.24. The van der Waals surface area contributed by atoms with Crippen LogP contribution in [0.1, 0.15) is 112 Å². The highest BCUT2D eigenvalue weighted by atomic mass is 16.1. The number of carbonyl (C=O) groups is 1. The van der Waals surface area contributed by atoms with E-state index in [1.165, 1.54) is 57.8 Å². The molecule has 0 radical (unpaired) electrons. The first-order valence-electron chi connectivity index (χ1n) is 14.4. The van der Waals surface area contributed by atoms with E-state index in [1.807, 2.05) is 0 Å². The molecule has 0 aromatic heterocycles. The normalized spacial score (nSPS) is 41.1. The minimum Gasteiger partial charge on any atom is -0.353 e. The Morgan fingerprint density at radius 2 is 1.88 bits per heavy atom. The molecule has 0 spiro atoms. The fraction of sp³-hybridized carbons (Fsp3) is 0.900. The summed E-state index contributed by atoms with van der Waals surface area (Å²) >= 11 is 0. The number of allylic oxidation sites excluding steroid dienone is 1. The first-order chi connectivity index (χ1) is 15.7. The van der Waals surface area contributed by atoms with E-state index >= 15 is 0 Å². The molecular weight excluding hydrogens is 404 g/mol. The quantitative estimate of drug-likeness (QED) is 0.392. The molecule has 3 saturated carbocycles. The first-order valence-corrected chi connectivity index (χ1v) is 14.4. The Balaban J connectivity index is 1.43. The largest absolute Gasteiger partial charge is 0.353 e. The number of carbonyl (C=O) groups excluding carboxylic acids is 1. The van der Waals surface area contributed by atoms with E-state index in [0.717, 1.165) is 48.3 Å². The number of hydrogen-bond donors (Lipinski definition) is 2. The van der Waals surface area contributed by atoms with Crippen LogP contribution in [-0.4, -0.2) is 18.5 Å². The average molecular weight is 457 g/mol. The SMILES string of the molecule is CC(C)CCC[C@@H](C)[C@H]1CC[C@H]2[C@@H]3CC=C4C[C@@H](NC(=O)CCN)CC[C@]4(C)[C@H]3CC[C@]12C. The van der Waals surface area contributed by atoms with Crippen LogP contribution in [0.15, 0.2) is 11.6 Å². The summed E-state index contributed by atoms with van der Waals surface area (Å²) in [5.74, 6) is 5.45. The summed E-state index contributed by atoms with van der Waals surface area (Å²) < 4.78 is 0. The van der Waals surface area contributed by atoms with Crippen molar-refractivity contribution in [3.05, 3.63) is 11.6 Å². The molecule has 0 aromatic carbocycles. The summed E-state index contributed by atoms with van der Waals surface area (Å²) in [5.41, 5.74) is 8.16. The average Bonchev–Trinajstić information content (AvgIpc) is 3.11. The number of nitrogens with two attached hydrogens (primary N) is 1. The lowest BCUT2D eigenvalue weighted by Gasteiger charge is -2.58. The van der Waals surface area contributed by atoms with Crippen LogP contribution in [0.5, 0.6) is 0 Å². The van der Waals surface area contributed by atoms with Gasteiger partial charge >= 0.3 is 0 Å². The van der Waals surface area contributed by atoms with E-state index in [1.54, 1.807) is 5.57 Å². The maximum atomic E-state index is 12.1. The highest BCUT2D eigenvalue weighted by Crippen LogP contribution is 2.67. The smallest absolute Gasteiger partial charge is 0.221 e. The Bertz CT molecular complexity index is 729. The van der Waals surface area contributed by atoms with Crippen molar-refractivity contribution >= 4 is 5.91 Å². The number of fused-ring (bicyclic) bond motifs is 5. The summed E-state index contributed by atoms with van der Waals surface area (Å²) in [5, 5.41) is 3.27. The van der Waals surface area contributed by atoms with E-state index in [0.29, 0.717) is 29.8 Å². The van der Waals surface area contributed by atoms with Gasteiger partial charge in [0.1, 0.15) is 0 Å². The van der Waals surface area contributed by atoms with Crippen molar-refractivity contribution in [2.24, 2.45) is 52.1 Å². The molecule has 33 heavy (non-hydrogen) atoms. The lowest BCUT2D eigenvalue weighted by Crippen LogP contribution is -2.52. The zero-order valence-electron chi connectivity index (χ0n) is 22.3. The molecule has 4 aliphatic rings. The van der Waals surface area contributed by atoms with Crippen LogP contribution in [0.25, 0.3) is 0 Å². The van der Waals surface area contributed by atoms with Gasteiger partial charge in [-0.2, -0.15) is 0 Å². The van der Waals surface area contributed by atoms with Gasteiger partial charge in [-0.1, -0.05) is 65.5 Å². The third kappa shape index (κ3) is 4.82. The van der Waals surface area contributed by atoms with Crippen molar-refractivity contribution in [3.8, 4) is 0 Å². The lowest BCUT2D eigenvalue weighted by molar-refractivity contribution is -0.122. The Morgan fingerprint density at radius 3 is 2.61 bits per heavy atom. The standard InChI is InChI=1S/C30H52N2O/c1-20(2)7-6-8-21(3)25-11-12-26-24-10-9-22-19-23(32-28(33)15-18-31)13-16-29(22,4)27(24)14-17-30(25,26)5/h9,20-21,23-27H,6-8,10-19,31H2,1-5H3,(H,32,33)/t21-,23+,24+,25-,26+,27+,29+,30-/m1/s1. The Kier molecular flexibility index (Phi) is 7.68. The summed E-state index contributed by atoms with van der Waals surface area (Å²) in [6, 6.07) is 0.316. The molecule has 0 aliphatic heterocycles. The van der Waals surface area contributed by atoms with Crippen LogP contribution in [0.3, 0.4) is 0 Å². The van der Waals surface area contributed by atoms with Crippen LogP contribution in [-0.2, 0) is 4.79 Å². The Morgan fingerprint density at radius 1 is 1.09 bits per heavy atom. The molecule has 3 fully saturated rings. The fourth-order valence-electron chi connectivity index (χ4n) is 9.24. The first kappa shape index (κ1) is 25.3. The third-order valence-corrected chi connectivity index (χ3v) is 11.0. The minimum absolute atomic E-state index is 0.133. The molecule has 0 bridgehead atoms. The summed E-state index contributed by atoms with van der Waals surface area (Å²) in [6.45, 7) is 13.0. The molecule has 4 rings (SSSR count). The van der Waals surface area contributed by atoms with Crippen LogP contribution in [0.2, 0.25) is 0 Å². The van der Waals surface area contributed by atoms with Crippen LogP contribution >= 0.6 is 0 Å². The van der Waals surface area contributed by atoms with Gasteiger partial charge < -0.3 is 11.1 Å². The predicted octanol–water partition coefficient (Wildman–Crippen LogP) is 6.86. The summed E-state index contributed by atoms with van der Waals surface area (Å²) in [4.78, 5) is 12.1. The number of amides is 1. The minimum atomic E-state index is 0.133. The molecule has 3 heteroatoms. The topological polar surface area (TPSA) is 55.1 Å².